The standard InChI is InChI=1S/C11H9F3N2O2/c1-2-16-8-6(9(17)18)4-3-5-7(8)15-10(16)11(12,13)14/h3-5H,2H2,1H3,(H,17,18). The molecule has 7 heteroatoms. The number of fused-ring (bicyclic) bond motifs is 1. The molecule has 0 atom stereocenters. The molecular weight excluding hydrogens is 249 g/mol. The number of aromatic nitrogens is 2. The Balaban J connectivity index is 2.87. The predicted octanol–water partition coefficient (Wildman–Crippen LogP) is 2.77. The number of aromatic carboxylic acids is 1. The van der Waals surface area contributed by atoms with Crippen LogP contribution in [0.25, 0.3) is 11.0 Å². The SMILES string of the molecule is CCn1c(C(F)(F)F)nc2cccc(C(=O)O)c21. The van der Waals surface area contributed by atoms with Gasteiger partial charge in [0, 0.05) is 6.54 Å². The molecule has 0 aliphatic heterocycles. The largest absolute Gasteiger partial charge is 0.478 e. The Morgan fingerprint density at radius 2 is 2.11 bits per heavy atom. The van der Waals surface area contributed by atoms with E-state index in [1.54, 1.807) is 0 Å². The Labute approximate surface area is 99.7 Å². The van der Waals surface area contributed by atoms with E-state index in [2.05, 4.69) is 4.98 Å². The maximum atomic E-state index is 12.8. The van der Waals surface area contributed by atoms with Crippen molar-refractivity contribution in [1.82, 2.24) is 9.55 Å². The second kappa shape index (κ2) is 4.01. The number of aryl methyl sites for hydroxylation is 1. The summed E-state index contributed by atoms with van der Waals surface area (Å²) in [5.41, 5.74) is -0.152. The molecule has 0 saturated heterocycles. The van der Waals surface area contributed by atoms with Gasteiger partial charge in [-0.25, -0.2) is 9.78 Å². The van der Waals surface area contributed by atoms with Crippen molar-refractivity contribution >= 4 is 17.0 Å². The number of carboxylic acid groups (broad SMARTS) is 1. The fourth-order valence-electron chi connectivity index (χ4n) is 1.88. The lowest BCUT2D eigenvalue weighted by Gasteiger charge is -2.09. The fourth-order valence-corrected chi connectivity index (χ4v) is 1.88. The number of imidazole rings is 1. The minimum absolute atomic E-state index is 0.000162. The molecule has 0 aliphatic rings. The summed E-state index contributed by atoms with van der Waals surface area (Å²) in [6, 6.07) is 4.00. The highest BCUT2D eigenvalue weighted by molar-refractivity contribution is 6.01. The number of nitrogens with zero attached hydrogens (tertiary/aromatic N) is 2. The summed E-state index contributed by atoms with van der Waals surface area (Å²) in [7, 11) is 0. The van der Waals surface area contributed by atoms with E-state index < -0.39 is 18.0 Å². The zero-order valence-corrected chi connectivity index (χ0v) is 9.32. The molecule has 1 aromatic carbocycles. The van der Waals surface area contributed by atoms with Gasteiger partial charge in [0.25, 0.3) is 0 Å². The number of para-hydroxylation sites is 1. The molecule has 4 nitrogen and oxygen atoms in total. The average molecular weight is 258 g/mol. The van der Waals surface area contributed by atoms with Crippen LogP contribution in [0.5, 0.6) is 0 Å². The summed E-state index contributed by atoms with van der Waals surface area (Å²) in [5.74, 6) is -2.35. The molecule has 0 amide bonds. The quantitative estimate of drug-likeness (QED) is 0.901. The lowest BCUT2D eigenvalue weighted by Crippen LogP contribution is -2.15. The molecule has 0 spiro atoms. The maximum Gasteiger partial charge on any atom is 0.449 e. The number of hydrogen-bond donors (Lipinski definition) is 1. The highest BCUT2D eigenvalue weighted by Gasteiger charge is 2.37. The molecular formula is C11H9F3N2O2. The van der Waals surface area contributed by atoms with Crippen molar-refractivity contribution in [2.45, 2.75) is 19.6 Å². The minimum atomic E-state index is -4.61. The third-order valence-electron chi connectivity index (χ3n) is 2.57. The number of hydrogen-bond acceptors (Lipinski definition) is 2. The van der Waals surface area contributed by atoms with Crippen LogP contribution in [0.2, 0.25) is 0 Å². The third kappa shape index (κ3) is 1.81. The second-order valence-electron chi connectivity index (χ2n) is 3.66. The van der Waals surface area contributed by atoms with Gasteiger partial charge in [0.1, 0.15) is 0 Å². The van der Waals surface area contributed by atoms with Crippen LogP contribution in [0.15, 0.2) is 18.2 Å². The molecule has 2 aromatic rings. The normalized spacial score (nSPS) is 12.0. The Morgan fingerprint density at radius 3 is 2.61 bits per heavy atom. The maximum absolute atomic E-state index is 12.8. The van der Waals surface area contributed by atoms with Crippen molar-refractivity contribution in [3.05, 3.63) is 29.6 Å². The first-order chi connectivity index (χ1) is 8.36. The monoisotopic (exact) mass is 258 g/mol. The van der Waals surface area contributed by atoms with Gasteiger partial charge in [0.2, 0.25) is 5.82 Å². The third-order valence-corrected chi connectivity index (χ3v) is 2.57. The average Bonchev–Trinajstić information content (AvgIpc) is 2.66. The van der Waals surface area contributed by atoms with Crippen LogP contribution in [-0.2, 0) is 12.7 Å². The van der Waals surface area contributed by atoms with Crippen LogP contribution in [0.1, 0.15) is 23.1 Å². The van der Waals surface area contributed by atoms with E-state index in [-0.39, 0.29) is 23.1 Å². The Morgan fingerprint density at radius 1 is 1.44 bits per heavy atom. The predicted molar refractivity (Wildman–Crippen MR) is 57.4 cm³/mol. The van der Waals surface area contributed by atoms with Gasteiger partial charge in [-0.1, -0.05) is 6.07 Å². The molecule has 96 valence electrons. The summed E-state index contributed by atoms with van der Waals surface area (Å²) in [5, 5.41) is 8.99. The van der Waals surface area contributed by atoms with Gasteiger partial charge in [0.05, 0.1) is 16.6 Å². The van der Waals surface area contributed by atoms with Crippen LogP contribution in [0, 0.1) is 0 Å². The lowest BCUT2D eigenvalue weighted by molar-refractivity contribution is -0.146. The zero-order chi connectivity index (χ0) is 13.5. The molecule has 0 unspecified atom stereocenters. The van der Waals surface area contributed by atoms with Gasteiger partial charge in [-0.2, -0.15) is 13.2 Å². The first-order valence-corrected chi connectivity index (χ1v) is 5.16. The van der Waals surface area contributed by atoms with E-state index in [0.717, 1.165) is 4.57 Å². The molecule has 0 bridgehead atoms. The van der Waals surface area contributed by atoms with Crippen molar-refractivity contribution in [3.63, 3.8) is 0 Å². The van der Waals surface area contributed by atoms with E-state index in [0.29, 0.717) is 0 Å². The van der Waals surface area contributed by atoms with Crippen LogP contribution >= 0.6 is 0 Å². The van der Waals surface area contributed by atoms with Crippen molar-refractivity contribution < 1.29 is 23.1 Å². The number of benzene rings is 1. The number of alkyl halides is 3. The van der Waals surface area contributed by atoms with Crippen LogP contribution in [-0.4, -0.2) is 20.6 Å². The van der Waals surface area contributed by atoms with Crippen molar-refractivity contribution in [3.8, 4) is 0 Å². The molecule has 0 aliphatic carbocycles. The molecule has 0 saturated carbocycles. The molecule has 18 heavy (non-hydrogen) atoms. The van der Waals surface area contributed by atoms with Crippen molar-refractivity contribution in [2.24, 2.45) is 0 Å². The molecule has 0 fully saturated rings. The molecule has 1 N–H and O–H groups in total. The van der Waals surface area contributed by atoms with Gasteiger partial charge in [-0.3, -0.25) is 0 Å². The second-order valence-corrected chi connectivity index (χ2v) is 3.66. The van der Waals surface area contributed by atoms with Crippen LogP contribution in [0.3, 0.4) is 0 Å². The van der Waals surface area contributed by atoms with Gasteiger partial charge < -0.3 is 9.67 Å². The van der Waals surface area contributed by atoms with E-state index in [4.69, 9.17) is 5.11 Å². The fraction of sp³-hybridized carbons (Fsp3) is 0.273. The summed E-state index contributed by atoms with van der Waals surface area (Å²) >= 11 is 0. The number of carboxylic acids is 1. The van der Waals surface area contributed by atoms with Gasteiger partial charge in [0.15, 0.2) is 0 Å². The molecule has 0 radical (unpaired) electrons. The number of rotatable bonds is 2. The Kier molecular flexibility index (Phi) is 2.76. The van der Waals surface area contributed by atoms with Crippen LogP contribution < -0.4 is 0 Å². The summed E-state index contributed by atoms with van der Waals surface area (Å²) in [6.45, 7) is 1.50. The van der Waals surface area contributed by atoms with Crippen molar-refractivity contribution in [1.29, 1.82) is 0 Å². The van der Waals surface area contributed by atoms with E-state index in [1.807, 2.05) is 0 Å². The minimum Gasteiger partial charge on any atom is -0.478 e. The smallest absolute Gasteiger partial charge is 0.449 e. The van der Waals surface area contributed by atoms with E-state index in [9.17, 15) is 18.0 Å². The highest BCUT2D eigenvalue weighted by atomic mass is 19.4. The van der Waals surface area contributed by atoms with E-state index >= 15 is 0 Å². The van der Waals surface area contributed by atoms with Gasteiger partial charge >= 0.3 is 12.1 Å². The van der Waals surface area contributed by atoms with Crippen LogP contribution in [0.4, 0.5) is 13.2 Å². The Bertz CT molecular complexity index is 617. The van der Waals surface area contributed by atoms with Gasteiger partial charge in [-0.15, -0.1) is 0 Å². The Hall–Kier alpha value is -2.05. The summed E-state index contributed by atoms with van der Waals surface area (Å²) in [4.78, 5) is 14.5. The first kappa shape index (κ1) is 12.4. The lowest BCUT2D eigenvalue weighted by atomic mass is 10.2. The highest BCUT2D eigenvalue weighted by Crippen LogP contribution is 2.32. The molecule has 1 aromatic heterocycles. The van der Waals surface area contributed by atoms with E-state index in [1.165, 1.54) is 25.1 Å². The zero-order valence-electron chi connectivity index (χ0n) is 9.32. The number of halogens is 3. The van der Waals surface area contributed by atoms with Gasteiger partial charge in [-0.05, 0) is 19.1 Å². The molecule has 2 rings (SSSR count). The first-order valence-electron chi connectivity index (χ1n) is 5.16. The summed E-state index contributed by atoms with van der Waals surface area (Å²) < 4.78 is 39.2. The van der Waals surface area contributed by atoms with Crippen molar-refractivity contribution in [2.75, 3.05) is 0 Å². The summed E-state index contributed by atoms with van der Waals surface area (Å²) in [6.07, 6.45) is -4.61. The molecule has 1 heterocycles. The number of carbonyl (C=O) groups is 1. The topological polar surface area (TPSA) is 55.1 Å².